The molecule has 0 unspecified atom stereocenters. The van der Waals surface area contributed by atoms with Gasteiger partial charge in [-0.25, -0.2) is 0 Å². The fourth-order valence-corrected chi connectivity index (χ4v) is 3.01. The minimum atomic E-state index is -0.0860. The fourth-order valence-electron chi connectivity index (χ4n) is 2.07. The molecular weight excluding hydrogens is 288 g/mol. The van der Waals surface area contributed by atoms with E-state index in [0.717, 1.165) is 10.6 Å². The monoisotopic (exact) mass is 300 g/mol. The van der Waals surface area contributed by atoms with Crippen LogP contribution in [0.4, 0.5) is 5.69 Å². The average molecular weight is 300 g/mol. The average Bonchev–Trinajstić information content (AvgIpc) is 3.04. The number of para-hydroxylation sites is 1. The Morgan fingerprint density at radius 1 is 1.15 bits per heavy atom. The molecule has 20 heavy (non-hydrogen) atoms. The molecule has 1 saturated heterocycles. The number of nitrogens with zero attached hydrogens (tertiary/aromatic N) is 2. The Morgan fingerprint density at radius 2 is 1.90 bits per heavy atom. The van der Waals surface area contributed by atoms with Crippen LogP contribution in [0.25, 0.3) is 6.08 Å². The Kier molecular flexibility index (Phi) is 3.38. The van der Waals surface area contributed by atoms with Gasteiger partial charge in [0.25, 0.3) is 5.91 Å². The van der Waals surface area contributed by atoms with Crippen molar-refractivity contribution in [3.8, 4) is 0 Å². The molecule has 0 aliphatic carbocycles. The number of carbonyl (C=O) groups excluding carboxylic acids is 1. The Bertz CT molecular complexity index is 677. The molecule has 3 nitrogen and oxygen atoms in total. The largest absolute Gasteiger partial charge is 0.317 e. The summed E-state index contributed by atoms with van der Waals surface area (Å²) >= 11 is 6.98. The molecule has 2 heterocycles. The summed E-state index contributed by atoms with van der Waals surface area (Å²) in [5, 5.41) is 2.49. The van der Waals surface area contributed by atoms with Crippen LogP contribution in [-0.4, -0.2) is 23.0 Å². The van der Waals surface area contributed by atoms with Crippen LogP contribution in [-0.2, 0) is 4.79 Å². The molecule has 1 aromatic carbocycles. The molecule has 5 heteroatoms. The molecule has 0 bridgehead atoms. The number of thiocarbonyl (C=S) groups is 1. The summed E-state index contributed by atoms with van der Waals surface area (Å²) in [5.41, 5.74) is 1.39. The van der Waals surface area contributed by atoms with Gasteiger partial charge in [-0.05, 0) is 41.9 Å². The van der Waals surface area contributed by atoms with E-state index in [0.29, 0.717) is 10.8 Å². The number of likely N-dealkylation sites (N-methyl/N-ethyl adjacent to an activating group) is 1. The number of hydrogen-bond acceptors (Lipinski definition) is 3. The Labute approximate surface area is 126 Å². The molecule has 1 amide bonds. The third-order valence-corrected chi connectivity index (χ3v) is 4.37. The van der Waals surface area contributed by atoms with Crippen LogP contribution in [0.5, 0.6) is 0 Å². The van der Waals surface area contributed by atoms with Gasteiger partial charge in [-0.2, -0.15) is 0 Å². The molecule has 100 valence electrons. The van der Waals surface area contributed by atoms with Crippen molar-refractivity contribution in [3.05, 3.63) is 58.4 Å². The van der Waals surface area contributed by atoms with E-state index in [-0.39, 0.29) is 5.91 Å². The topological polar surface area (TPSA) is 23.6 Å². The zero-order valence-corrected chi connectivity index (χ0v) is 12.4. The summed E-state index contributed by atoms with van der Waals surface area (Å²) in [7, 11) is 1.82. The number of thiophene rings is 1. The summed E-state index contributed by atoms with van der Waals surface area (Å²) in [5.74, 6) is -0.0860. The highest BCUT2D eigenvalue weighted by atomic mass is 32.1. The quantitative estimate of drug-likeness (QED) is 0.628. The molecule has 3 rings (SSSR count). The first-order chi connectivity index (χ1) is 9.68. The molecular formula is C15H12N2OS2. The molecule has 1 aromatic heterocycles. The van der Waals surface area contributed by atoms with Gasteiger partial charge in [-0.1, -0.05) is 24.3 Å². The number of carbonyl (C=O) groups is 1. The summed E-state index contributed by atoms with van der Waals surface area (Å²) < 4.78 is 0. The van der Waals surface area contributed by atoms with Gasteiger partial charge in [0.05, 0.1) is 5.69 Å². The van der Waals surface area contributed by atoms with E-state index in [9.17, 15) is 4.79 Å². The number of amides is 1. The van der Waals surface area contributed by atoms with Crippen molar-refractivity contribution in [3.63, 3.8) is 0 Å². The smallest absolute Gasteiger partial charge is 0.281 e. The van der Waals surface area contributed by atoms with Crippen molar-refractivity contribution < 1.29 is 4.79 Å². The molecule has 1 aliphatic rings. The number of rotatable bonds is 2. The summed E-state index contributed by atoms with van der Waals surface area (Å²) in [6, 6.07) is 13.4. The molecule has 1 aliphatic heterocycles. The van der Waals surface area contributed by atoms with Crippen molar-refractivity contribution in [1.29, 1.82) is 0 Å². The molecule has 0 atom stereocenters. The Hall–Kier alpha value is -1.98. The van der Waals surface area contributed by atoms with Crippen LogP contribution in [0.3, 0.4) is 0 Å². The van der Waals surface area contributed by atoms with Crippen LogP contribution in [0.15, 0.2) is 53.5 Å². The van der Waals surface area contributed by atoms with E-state index in [4.69, 9.17) is 12.2 Å². The maximum absolute atomic E-state index is 12.6. The molecule has 0 radical (unpaired) electrons. The predicted molar refractivity (Wildman–Crippen MR) is 86.6 cm³/mol. The highest BCUT2D eigenvalue weighted by Crippen LogP contribution is 2.28. The standard InChI is InChI=1S/C15H12N2OS2/c1-16-13(10-12-8-5-9-20-12)14(18)17(15(16)19)11-6-3-2-4-7-11/h2-10H,1H3/b13-10+. The normalized spacial score (nSPS) is 17.4. The van der Waals surface area contributed by atoms with Gasteiger partial charge in [-0.15, -0.1) is 11.3 Å². The van der Waals surface area contributed by atoms with E-state index >= 15 is 0 Å². The lowest BCUT2D eigenvalue weighted by molar-refractivity contribution is -0.114. The van der Waals surface area contributed by atoms with Crippen LogP contribution in [0, 0.1) is 0 Å². The third kappa shape index (κ3) is 2.15. The Morgan fingerprint density at radius 3 is 2.55 bits per heavy atom. The molecule has 0 N–H and O–H groups in total. The summed E-state index contributed by atoms with van der Waals surface area (Å²) in [6.45, 7) is 0. The van der Waals surface area contributed by atoms with Gasteiger partial charge >= 0.3 is 0 Å². The van der Waals surface area contributed by atoms with E-state index in [1.165, 1.54) is 0 Å². The number of anilines is 1. The second kappa shape index (κ2) is 5.19. The summed E-state index contributed by atoms with van der Waals surface area (Å²) in [4.78, 5) is 16.9. The van der Waals surface area contributed by atoms with E-state index in [1.807, 2.05) is 61.0 Å². The van der Waals surface area contributed by atoms with Crippen molar-refractivity contribution in [2.75, 3.05) is 11.9 Å². The van der Waals surface area contributed by atoms with Gasteiger partial charge in [-0.3, -0.25) is 9.69 Å². The van der Waals surface area contributed by atoms with E-state index < -0.39 is 0 Å². The highest BCUT2D eigenvalue weighted by molar-refractivity contribution is 7.80. The minimum absolute atomic E-state index is 0.0860. The van der Waals surface area contributed by atoms with Crippen molar-refractivity contribution in [2.24, 2.45) is 0 Å². The van der Waals surface area contributed by atoms with Crippen molar-refractivity contribution >= 4 is 46.3 Å². The maximum Gasteiger partial charge on any atom is 0.281 e. The fraction of sp³-hybridized carbons (Fsp3) is 0.0667. The number of benzene rings is 1. The second-order valence-electron chi connectivity index (χ2n) is 4.36. The first kappa shape index (κ1) is 13.0. The van der Waals surface area contributed by atoms with Gasteiger partial charge < -0.3 is 4.90 Å². The van der Waals surface area contributed by atoms with Crippen LogP contribution in [0.2, 0.25) is 0 Å². The maximum atomic E-state index is 12.6. The SMILES string of the molecule is CN1C(=S)N(c2ccccc2)C(=O)/C1=C\c1cccs1. The zero-order valence-electron chi connectivity index (χ0n) is 10.8. The van der Waals surface area contributed by atoms with Gasteiger partial charge in [0.1, 0.15) is 5.70 Å². The van der Waals surface area contributed by atoms with Crippen LogP contribution >= 0.6 is 23.6 Å². The van der Waals surface area contributed by atoms with Crippen LogP contribution < -0.4 is 4.90 Å². The molecule has 2 aromatic rings. The molecule has 1 fully saturated rings. The molecule has 0 saturated carbocycles. The predicted octanol–water partition coefficient (Wildman–Crippen LogP) is 3.35. The lowest BCUT2D eigenvalue weighted by atomic mass is 10.3. The number of hydrogen-bond donors (Lipinski definition) is 0. The summed E-state index contributed by atoms with van der Waals surface area (Å²) in [6.07, 6.45) is 1.88. The van der Waals surface area contributed by atoms with E-state index in [2.05, 4.69) is 0 Å². The zero-order chi connectivity index (χ0) is 14.1. The van der Waals surface area contributed by atoms with Crippen LogP contribution in [0.1, 0.15) is 4.88 Å². The van der Waals surface area contributed by atoms with Gasteiger partial charge in [0.15, 0.2) is 5.11 Å². The molecule has 0 spiro atoms. The van der Waals surface area contributed by atoms with Gasteiger partial charge in [0, 0.05) is 11.9 Å². The Balaban J connectivity index is 2.01. The van der Waals surface area contributed by atoms with Crippen molar-refractivity contribution in [2.45, 2.75) is 0 Å². The first-order valence-corrected chi connectivity index (χ1v) is 7.39. The highest BCUT2D eigenvalue weighted by Gasteiger charge is 2.36. The van der Waals surface area contributed by atoms with Crippen molar-refractivity contribution in [1.82, 2.24) is 4.90 Å². The second-order valence-corrected chi connectivity index (χ2v) is 5.71. The van der Waals surface area contributed by atoms with Gasteiger partial charge in [0.2, 0.25) is 0 Å². The third-order valence-electron chi connectivity index (χ3n) is 3.10. The lowest BCUT2D eigenvalue weighted by Gasteiger charge is -2.16. The van der Waals surface area contributed by atoms with E-state index in [1.54, 1.807) is 21.1 Å². The first-order valence-electron chi connectivity index (χ1n) is 6.11. The lowest BCUT2D eigenvalue weighted by Crippen LogP contribution is -2.30. The minimum Gasteiger partial charge on any atom is -0.317 e.